The van der Waals surface area contributed by atoms with Crippen LogP contribution in [0.1, 0.15) is 0 Å². The lowest BCUT2D eigenvalue weighted by molar-refractivity contribution is 0.668. The lowest BCUT2D eigenvalue weighted by Gasteiger charge is -2.16. The number of para-hydroxylation sites is 7. The van der Waals surface area contributed by atoms with Gasteiger partial charge in [-0.05, 0) is 77.9 Å². The number of benzene rings is 10. The van der Waals surface area contributed by atoms with Crippen LogP contribution < -0.4 is 0 Å². The van der Waals surface area contributed by atoms with E-state index in [1.54, 1.807) is 0 Å². The molecule has 0 aliphatic rings. The topological polar surface area (TPSA) is 74.8 Å². The third kappa shape index (κ3) is 5.66. The highest BCUT2D eigenvalue weighted by Crippen LogP contribution is 2.44. The Hall–Kier alpha value is -9.59. The highest BCUT2D eigenvalue weighted by Gasteiger charge is 2.25. The molecule has 7 heteroatoms. The van der Waals surface area contributed by atoms with E-state index in [4.69, 9.17) is 23.8 Å². The molecular formula is C63H37N5O2. The molecule has 326 valence electrons. The molecule has 0 radical (unpaired) electrons. The van der Waals surface area contributed by atoms with Gasteiger partial charge in [0.1, 0.15) is 22.3 Å². The molecule has 0 unspecified atom stereocenters. The van der Waals surface area contributed by atoms with E-state index < -0.39 is 0 Å². The molecule has 0 aliphatic heterocycles. The summed E-state index contributed by atoms with van der Waals surface area (Å²) >= 11 is 0. The molecule has 0 saturated heterocycles. The van der Waals surface area contributed by atoms with Crippen molar-refractivity contribution in [2.75, 3.05) is 0 Å². The van der Waals surface area contributed by atoms with Gasteiger partial charge in [-0.2, -0.15) is 0 Å². The minimum Gasteiger partial charge on any atom is -0.456 e. The molecule has 70 heavy (non-hydrogen) atoms. The predicted molar refractivity (Wildman–Crippen MR) is 285 cm³/mol. The molecule has 15 rings (SSSR count). The third-order valence-electron chi connectivity index (χ3n) is 14.0. The molecule has 0 N–H and O–H groups in total. The molecule has 0 saturated carbocycles. The lowest BCUT2D eigenvalue weighted by atomic mass is 10.0. The van der Waals surface area contributed by atoms with Crippen LogP contribution in [0.15, 0.2) is 233 Å². The molecule has 0 amide bonds. The van der Waals surface area contributed by atoms with Crippen molar-refractivity contribution in [2.45, 2.75) is 0 Å². The van der Waals surface area contributed by atoms with Crippen LogP contribution in [-0.4, -0.2) is 24.1 Å². The quantitative estimate of drug-likeness (QED) is 0.166. The highest BCUT2D eigenvalue weighted by atomic mass is 16.3. The molecule has 0 atom stereocenters. The van der Waals surface area contributed by atoms with E-state index in [1.165, 1.54) is 10.8 Å². The number of rotatable bonds is 6. The highest BCUT2D eigenvalue weighted by molar-refractivity contribution is 6.18. The maximum Gasteiger partial charge on any atom is 0.167 e. The molecule has 0 spiro atoms. The fourth-order valence-electron chi connectivity index (χ4n) is 11.0. The van der Waals surface area contributed by atoms with Gasteiger partial charge < -0.3 is 18.0 Å². The largest absolute Gasteiger partial charge is 0.456 e. The second-order valence-electron chi connectivity index (χ2n) is 17.9. The summed E-state index contributed by atoms with van der Waals surface area (Å²) < 4.78 is 18.1. The molecule has 0 fully saturated rings. The first-order valence-electron chi connectivity index (χ1n) is 23.5. The zero-order valence-corrected chi connectivity index (χ0v) is 37.4. The van der Waals surface area contributed by atoms with Crippen LogP contribution in [0.25, 0.3) is 144 Å². The monoisotopic (exact) mass is 895 g/mol. The van der Waals surface area contributed by atoms with Crippen molar-refractivity contribution in [3.63, 3.8) is 0 Å². The number of hydrogen-bond donors (Lipinski definition) is 0. The van der Waals surface area contributed by atoms with E-state index in [2.05, 4.69) is 191 Å². The summed E-state index contributed by atoms with van der Waals surface area (Å²) in [5.41, 5.74) is 14.2. The van der Waals surface area contributed by atoms with E-state index in [9.17, 15) is 0 Å². The Kier molecular flexibility index (Phi) is 8.23. The van der Waals surface area contributed by atoms with Crippen molar-refractivity contribution < 1.29 is 8.83 Å². The maximum absolute atomic E-state index is 6.68. The Morgan fingerprint density at radius 1 is 0.314 bits per heavy atom. The Bertz CT molecular complexity index is 4600. The van der Waals surface area contributed by atoms with Gasteiger partial charge in [0, 0.05) is 59.9 Å². The summed E-state index contributed by atoms with van der Waals surface area (Å²) in [7, 11) is 0. The van der Waals surface area contributed by atoms with Crippen molar-refractivity contribution in [3.8, 4) is 56.7 Å². The normalized spacial score (nSPS) is 12.0. The van der Waals surface area contributed by atoms with Gasteiger partial charge in [0.2, 0.25) is 0 Å². The fraction of sp³-hybridized carbons (Fsp3) is 0. The lowest BCUT2D eigenvalue weighted by Crippen LogP contribution is -2.03. The zero-order valence-electron chi connectivity index (χ0n) is 37.4. The van der Waals surface area contributed by atoms with Gasteiger partial charge in [0.05, 0.1) is 33.3 Å². The Labute approximate surface area is 399 Å². The van der Waals surface area contributed by atoms with Gasteiger partial charge in [0.15, 0.2) is 17.5 Å². The third-order valence-corrected chi connectivity index (χ3v) is 14.0. The average molecular weight is 896 g/mol. The number of aromatic nitrogens is 5. The van der Waals surface area contributed by atoms with Crippen molar-refractivity contribution in [1.82, 2.24) is 24.1 Å². The van der Waals surface area contributed by atoms with Gasteiger partial charge in [-0.15, -0.1) is 0 Å². The summed E-state index contributed by atoms with van der Waals surface area (Å²) in [5, 5.41) is 8.53. The molecule has 7 nitrogen and oxygen atoms in total. The fourth-order valence-corrected chi connectivity index (χ4v) is 11.0. The Morgan fingerprint density at radius 2 is 0.857 bits per heavy atom. The van der Waals surface area contributed by atoms with E-state index >= 15 is 0 Å². The van der Waals surface area contributed by atoms with Crippen LogP contribution in [0.3, 0.4) is 0 Å². The van der Waals surface area contributed by atoms with Gasteiger partial charge in [-0.3, -0.25) is 0 Å². The van der Waals surface area contributed by atoms with Crippen LogP contribution in [0.2, 0.25) is 0 Å². The number of nitrogens with zero attached hydrogens (tertiary/aromatic N) is 5. The summed E-state index contributed by atoms with van der Waals surface area (Å²) in [6.45, 7) is 0. The first kappa shape index (κ1) is 38.5. The van der Waals surface area contributed by atoms with Gasteiger partial charge in [0.25, 0.3) is 0 Å². The van der Waals surface area contributed by atoms with Crippen LogP contribution >= 0.6 is 0 Å². The van der Waals surface area contributed by atoms with Crippen LogP contribution in [0, 0.1) is 0 Å². The van der Waals surface area contributed by atoms with Gasteiger partial charge >= 0.3 is 0 Å². The van der Waals surface area contributed by atoms with Crippen LogP contribution in [0.5, 0.6) is 0 Å². The van der Waals surface area contributed by atoms with Crippen molar-refractivity contribution in [3.05, 3.63) is 224 Å². The molecule has 0 aliphatic carbocycles. The first-order chi connectivity index (χ1) is 34.7. The number of fused-ring (bicyclic) bond motifs is 12. The molecular weight excluding hydrogens is 859 g/mol. The molecule has 10 aromatic carbocycles. The Balaban J connectivity index is 1.05. The minimum absolute atomic E-state index is 0.505. The van der Waals surface area contributed by atoms with Crippen LogP contribution in [-0.2, 0) is 0 Å². The number of furan rings is 2. The molecule has 15 aromatic rings. The van der Waals surface area contributed by atoms with Gasteiger partial charge in [-0.1, -0.05) is 158 Å². The van der Waals surface area contributed by atoms with Crippen molar-refractivity contribution >= 4 is 87.5 Å². The molecule has 0 bridgehead atoms. The predicted octanol–water partition coefficient (Wildman–Crippen LogP) is 16.5. The summed E-state index contributed by atoms with van der Waals surface area (Å²) in [6.07, 6.45) is 0. The Morgan fingerprint density at radius 3 is 1.64 bits per heavy atom. The van der Waals surface area contributed by atoms with Gasteiger partial charge in [-0.25, -0.2) is 15.0 Å². The SMILES string of the molecule is c1ccc(-c2ccc3oc4cccc(-c5nc(-c6cccc7c6oc6ccccc67)nc(-c6cccc7c8ccccc8n(-c8cccc9c%10ccccc%10n(-c%10ccccc%10)c89)c67)n5)c4c3c2)cc1. The van der Waals surface area contributed by atoms with E-state index in [1.807, 2.05) is 42.5 Å². The summed E-state index contributed by atoms with van der Waals surface area (Å²) in [4.78, 5) is 16.5. The average Bonchev–Trinajstić information content (AvgIpc) is 4.19. The second kappa shape index (κ2) is 15.0. The minimum atomic E-state index is 0.505. The van der Waals surface area contributed by atoms with Crippen LogP contribution in [0.4, 0.5) is 0 Å². The maximum atomic E-state index is 6.68. The van der Waals surface area contributed by atoms with Crippen molar-refractivity contribution in [2.24, 2.45) is 0 Å². The molecule has 5 aromatic heterocycles. The van der Waals surface area contributed by atoms with E-state index in [0.29, 0.717) is 17.5 Å². The first-order valence-corrected chi connectivity index (χ1v) is 23.5. The second-order valence-corrected chi connectivity index (χ2v) is 17.9. The zero-order chi connectivity index (χ0) is 45.9. The summed E-state index contributed by atoms with van der Waals surface area (Å²) in [6, 6.07) is 78.5. The van der Waals surface area contributed by atoms with E-state index in [-0.39, 0.29) is 0 Å². The molecule has 5 heterocycles. The summed E-state index contributed by atoms with van der Waals surface area (Å²) in [5.74, 6) is 1.57. The van der Waals surface area contributed by atoms with Crippen molar-refractivity contribution in [1.29, 1.82) is 0 Å². The van der Waals surface area contributed by atoms with E-state index in [0.717, 1.165) is 116 Å². The standard InChI is InChI=1S/C63H37N5O2/c1-3-17-38(18-4-1)39-35-36-55-50(37-39)57-47(27-16-34-56(57)69-55)61-64-62(66-63(65-61)49-29-14-26-46-43-23-9-12-33-54(43)70-60(46)49)48-28-13-24-44-41-21-8-11-31-52(41)68(58(44)48)53-32-15-25-45-42-22-7-10-30-51(42)67(59(45)53)40-19-5-2-6-20-40/h1-37H. The smallest absolute Gasteiger partial charge is 0.167 e. The number of hydrogen-bond acceptors (Lipinski definition) is 5.